The van der Waals surface area contributed by atoms with Crippen molar-refractivity contribution >= 4 is 5.52 Å². The van der Waals surface area contributed by atoms with Gasteiger partial charge in [-0.05, 0) is 0 Å². The molecule has 3 heteroatoms. The van der Waals surface area contributed by atoms with Crippen LogP contribution in [-0.4, -0.2) is 10.1 Å². The Morgan fingerprint density at radius 2 is 2.44 bits per heavy atom. The molecule has 0 saturated carbocycles. The Labute approximate surface area is 52.0 Å². The summed E-state index contributed by atoms with van der Waals surface area (Å²) in [6.07, 6.45) is 5.37. The molecular formula is C6H6N3+. The third-order valence-electron chi connectivity index (χ3n) is 1.26. The van der Waals surface area contributed by atoms with Crippen molar-refractivity contribution in [2.45, 2.75) is 0 Å². The number of H-pyrrole nitrogens is 1. The predicted octanol–water partition coefficient (Wildman–Crippen LogP) is 0.148. The molecule has 44 valence electrons. The first-order valence-electron chi connectivity index (χ1n) is 2.75. The van der Waals surface area contributed by atoms with Crippen LogP contribution < -0.4 is 4.52 Å². The van der Waals surface area contributed by atoms with Crippen LogP contribution in [0.2, 0.25) is 0 Å². The highest BCUT2D eigenvalue weighted by molar-refractivity contribution is 5.34. The van der Waals surface area contributed by atoms with E-state index in [2.05, 4.69) is 10.1 Å². The van der Waals surface area contributed by atoms with E-state index >= 15 is 0 Å². The molecule has 0 saturated heterocycles. The van der Waals surface area contributed by atoms with Crippen molar-refractivity contribution in [3.8, 4) is 0 Å². The van der Waals surface area contributed by atoms with Crippen LogP contribution in [0.5, 0.6) is 0 Å². The second-order valence-electron chi connectivity index (χ2n) is 1.84. The van der Waals surface area contributed by atoms with Crippen molar-refractivity contribution in [1.82, 2.24) is 10.1 Å². The van der Waals surface area contributed by atoms with Gasteiger partial charge in [0.05, 0.1) is 0 Å². The molecule has 0 atom stereocenters. The number of aromatic amines is 1. The van der Waals surface area contributed by atoms with Crippen molar-refractivity contribution in [3.05, 3.63) is 30.9 Å². The summed E-state index contributed by atoms with van der Waals surface area (Å²) in [6, 6.07) is 3.93. The van der Waals surface area contributed by atoms with Crippen LogP contribution in [0.4, 0.5) is 0 Å². The minimum atomic E-state index is 1.13. The first-order chi connectivity index (χ1) is 4.47. The maximum Gasteiger partial charge on any atom is 0.309 e. The average Bonchev–Trinajstić information content (AvgIpc) is 2.33. The lowest BCUT2D eigenvalue weighted by molar-refractivity contribution is -0.580. The van der Waals surface area contributed by atoms with Crippen molar-refractivity contribution < 1.29 is 4.52 Å². The van der Waals surface area contributed by atoms with E-state index in [4.69, 9.17) is 0 Å². The summed E-state index contributed by atoms with van der Waals surface area (Å²) in [7, 11) is 0. The van der Waals surface area contributed by atoms with Gasteiger partial charge in [0.1, 0.15) is 6.20 Å². The molecule has 0 aliphatic heterocycles. The lowest BCUT2D eigenvalue weighted by Gasteiger charge is -1.76. The fraction of sp³-hybridized carbons (Fsp3) is 0. The molecule has 0 unspecified atom stereocenters. The fourth-order valence-electron chi connectivity index (χ4n) is 0.818. The summed E-state index contributed by atoms with van der Waals surface area (Å²) in [5, 5.41) is 2.97. The summed E-state index contributed by atoms with van der Waals surface area (Å²) in [4.78, 5) is 3.92. The zero-order valence-electron chi connectivity index (χ0n) is 4.78. The molecule has 2 rings (SSSR count). The first-order valence-corrected chi connectivity index (χ1v) is 2.75. The summed E-state index contributed by atoms with van der Waals surface area (Å²) in [6.45, 7) is 0. The summed E-state index contributed by atoms with van der Waals surface area (Å²) < 4.78 is 1.85. The molecule has 0 radical (unpaired) electrons. The third-order valence-corrected chi connectivity index (χ3v) is 1.26. The van der Waals surface area contributed by atoms with Crippen LogP contribution in [0.25, 0.3) is 5.52 Å². The predicted molar refractivity (Wildman–Crippen MR) is 31.7 cm³/mol. The van der Waals surface area contributed by atoms with E-state index in [1.54, 1.807) is 12.5 Å². The molecular weight excluding hydrogens is 114 g/mol. The van der Waals surface area contributed by atoms with E-state index in [9.17, 15) is 0 Å². The highest BCUT2D eigenvalue weighted by atomic mass is 15.2. The van der Waals surface area contributed by atoms with E-state index < -0.39 is 0 Å². The lowest BCUT2D eigenvalue weighted by atomic mass is 10.5. The summed E-state index contributed by atoms with van der Waals surface area (Å²) in [5.74, 6) is 0. The average molecular weight is 120 g/mol. The minimum absolute atomic E-state index is 1.13. The van der Waals surface area contributed by atoms with Gasteiger partial charge in [-0.25, -0.2) is 5.10 Å². The van der Waals surface area contributed by atoms with Crippen molar-refractivity contribution in [1.29, 1.82) is 0 Å². The smallest absolute Gasteiger partial charge is 0.231 e. The molecule has 1 N–H and O–H groups in total. The summed E-state index contributed by atoms with van der Waals surface area (Å²) >= 11 is 0. The van der Waals surface area contributed by atoms with Crippen molar-refractivity contribution in [2.24, 2.45) is 0 Å². The highest BCUT2D eigenvalue weighted by Gasteiger charge is 1.94. The van der Waals surface area contributed by atoms with Gasteiger partial charge in [0.2, 0.25) is 0 Å². The molecule has 2 aromatic heterocycles. The maximum absolute atomic E-state index is 3.92. The van der Waals surface area contributed by atoms with E-state index in [1.807, 2.05) is 22.8 Å². The Morgan fingerprint density at radius 1 is 1.44 bits per heavy atom. The van der Waals surface area contributed by atoms with Crippen molar-refractivity contribution in [2.75, 3.05) is 0 Å². The molecule has 0 bridgehead atoms. The number of fused-ring (bicyclic) bond motifs is 1. The molecule has 0 fully saturated rings. The van der Waals surface area contributed by atoms with E-state index in [-0.39, 0.29) is 0 Å². The van der Waals surface area contributed by atoms with Gasteiger partial charge in [0.15, 0.2) is 5.52 Å². The third kappa shape index (κ3) is 0.579. The van der Waals surface area contributed by atoms with Crippen LogP contribution in [0.3, 0.4) is 0 Å². The normalized spacial score (nSPS) is 10.2. The van der Waals surface area contributed by atoms with Gasteiger partial charge in [-0.15, -0.1) is 4.52 Å². The molecule has 0 amide bonds. The standard InChI is InChI=1S/C6H5N3/c1-3-7-5-9-6(1)2-4-8-9/h1-5H/p+1. The largest absolute Gasteiger partial charge is 0.309 e. The molecule has 0 aromatic carbocycles. The maximum atomic E-state index is 3.92. The molecule has 9 heavy (non-hydrogen) atoms. The Hall–Kier alpha value is -1.38. The number of rotatable bonds is 0. The van der Waals surface area contributed by atoms with Crippen LogP contribution in [0.1, 0.15) is 0 Å². The molecule has 0 spiro atoms. The van der Waals surface area contributed by atoms with Gasteiger partial charge in [0.25, 0.3) is 0 Å². The number of hydrogen-bond donors (Lipinski definition) is 1. The van der Waals surface area contributed by atoms with Gasteiger partial charge in [-0.3, -0.25) is 0 Å². The lowest BCUT2D eigenvalue weighted by Crippen LogP contribution is -2.21. The molecule has 3 nitrogen and oxygen atoms in total. The zero-order chi connectivity index (χ0) is 6.10. The van der Waals surface area contributed by atoms with Crippen LogP contribution in [0, 0.1) is 0 Å². The Kier molecular flexibility index (Phi) is 0.773. The first kappa shape index (κ1) is 4.49. The van der Waals surface area contributed by atoms with Gasteiger partial charge in [-0.1, -0.05) is 4.98 Å². The van der Waals surface area contributed by atoms with E-state index in [1.165, 1.54) is 0 Å². The molecule has 0 aliphatic carbocycles. The van der Waals surface area contributed by atoms with Gasteiger partial charge in [-0.2, -0.15) is 0 Å². The quantitative estimate of drug-likeness (QED) is 0.493. The van der Waals surface area contributed by atoms with Crippen LogP contribution in [-0.2, 0) is 0 Å². The van der Waals surface area contributed by atoms with E-state index in [0.717, 1.165) is 5.52 Å². The zero-order valence-corrected chi connectivity index (χ0v) is 4.78. The second kappa shape index (κ2) is 1.55. The number of nitrogens with one attached hydrogen (secondary N) is 1. The number of hydrogen-bond acceptors (Lipinski definition) is 1. The van der Waals surface area contributed by atoms with Gasteiger partial charge >= 0.3 is 6.33 Å². The second-order valence-corrected chi connectivity index (χ2v) is 1.84. The fourth-order valence-corrected chi connectivity index (χ4v) is 0.818. The monoisotopic (exact) mass is 120 g/mol. The molecule has 0 aliphatic rings. The summed E-state index contributed by atoms with van der Waals surface area (Å²) in [5.41, 5.74) is 1.13. The molecule has 2 heterocycles. The Bertz CT molecular complexity index is 282. The Morgan fingerprint density at radius 3 is 3.33 bits per heavy atom. The molecule has 2 aromatic rings. The topological polar surface area (TPSA) is 32.8 Å². The van der Waals surface area contributed by atoms with E-state index in [0.29, 0.717) is 0 Å². The Balaban J connectivity index is 2.95. The van der Waals surface area contributed by atoms with Crippen molar-refractivity contribution in [3.63, 3.8) is 0 Å². The van der Waals surface area contributed by atoms with Gasteiger partial charge < -0.3 is 0 Å². The highest BCUT2D eigenvalue weighted by Crippen LogP contribution is 1.87. The number of aromatic nitrogens is 3. The SMILES string of the molecule is c1cc2cc[nH][n+]2cn1. The minimum Gasteiger partial charge on any atom is -0.231 e. The van der Waals surface area contributed by atoms with Gasteiger partial charge in [0, 0.05) is 18.3 Å². The number of nitrogens with zero attached hydrogens (tertiary/aromatic N) is 2. The van der Waals surface area contributed by atoms with Crippen LogP contribution >= 0.6 is 0 Å². The van der Waals surface area contributed by atoms with Crippen LogP contribution in [0.15, 0.2) is 30.9 Å².